The summed E-state index contributed by atoms with van der Waals surface area (Å²) in [5.74, 6) is -1.70. The number of hydrogen-bond donors (Lipinski definition) is 3. The molecule has 0 bridgehead atoms. The number of nitrogens with two attached hydrogens (primary N) is 1. The second-order valence-electron chi connectivity index (χ2n) is 7.63. The third kappa shape index (κ3) is 4.17. The van der Waals surface area contributed by atoms with E-state index >= 15 is 0 Å². The minimum Gasteiger partial charge on any atom is -0.369 e. The van der Waals surface area contributed by atoms with Gasteiger partial charge in [-0.2, -0.15) is 0 Å². The van der Waals surface area contributed by atoms with E-state index in [2.05, 4.69) is 20.6 Å². The van der Waals surface area contributed by atoms with Crippen LogP contribution in [0.5, 0.6) is 0 Å². The first-order chi connectivity index (χ1) is 14.4. The van der Waals surface area contributed by atoms with Crippen molar-refractivity contribution in [3.8, 4) is 0 Å². The molecule has 2 unspecified atom stereocenters. The van der Waals surface area contributed by atoms with E-state index in [0.717, 1.165) is 42.5 Å². The van der Waals surface area contributed by atoms with E-state index in [9.17, 15) is 14.4 Å². The van der Waals surface area contributed by atoms with Crippen molar-refractivity contribution in [1.29, 1.82) is 0 Å². The number of nitrogens with one attached hydrogen (secondary N) is 2. The molecule has 2 aromatic rings. The number of hydrogen-bond acceptors (Lipinski definition) is 6. The highest BCUT2D eigenvalue weighted by atomic mass is 35.5. The number of primary amides is 1. The molecule has 0 aromatic carbocycles. The molecule has 0 saturated heterocycles. The zero-order valence-corrected chi connectivity index (χ0v) is 17.8. The van der Waals surface area contributed by atoms with Gasteiger partial charge in [0.2, 0.25) is 11.8 Å². The van der Waals surface area contributed by atoms with E-state index in [4.69, 9.17) is 17.3 Å². The Balaban J connectivity index is 1.58. The van der Waals surface area contributed by atoms with Crippen LogP contribution < -0.4 is 16.4 Å². The molecule has 4 rings (SSSR count). The fourth-order valence-corrected chi connectivity index (χ4v) is 5.67. The van der Waals surface area contributed by atoms with E-state index in [1.165, 1.54) is 23.7 Å². The Hall–Kier alpha value is -2.52. The highest BCUT2D eigenvalue weighted by molar-refractivity contribution is 7.17. The Bertz CT molecular complexity index is 991. The second kappa shape index (κ2) is 8.69. The Morgan fingerprint density at radius 2 is 1.80 bits per heavy atom. The van der Waals surface area contributed by atoms with E-state index in [0.29, 0.717) is 23.4 Å². The maximum atomic E-state index is 13.0. The van der Waals surface area contributed by atoms with Gasteiger partial charge in [0.1, 0.15) is 10.2 Å². The highest BCUT2D eigenvalue weighted by Crippen LogP contribution is 2.40. The fraction of sp³-hybridized carbons (Fsp3) is 0.450. The van der Waals surface area contributed by atoms with Gasteiger partial charge < -0.3 is 16.4 Å². The first kappa shape index (κ1) is 20.7. The summed E-state index contributed by atoms with van der Waals surface area (Å²) in [5.41, 5.74) is 6.94. The van der Waals surface area contributed by atoms with Gasteiger partial charge in [0.15, 0.2) is 5.82 Å². The Labute approximate surface area is 182 Å². The van der Waals surface area contributed by atoms with Gasteiger partial charge in [-0.25, -0.2) is 9.97 Å². The van der Waals surface area contributed by atoms with Crippen LogP contribution in [-0.2, 0) is 22.4 Å². The third-order valence-corrected chi connectivity index (χ3v) is 7.12. The molecule has 1 saturated carbocycles. The van der Waals surface area contributed by atoms with Crippen LogP contribution in [-0.4, -0.2) is 27.7 Å². The van der Waals surface area contributed by atoms with Crippen LogP contribution in [0.25, 0.3) is 0 Å². The quantitative estimate of drug-likeness (QED) is 0.648. The van der Waals surface area contributed by atoms with Crippen molar-refractivity contribution >= 4 is 51.5 Å². The largest absolute Gasteiger partial charge is 0.369 e. The van der Waals surface area contributed by atoms with Crippen molar-refractivity contribution in [3.05, 3.63) is 33.6 Å². The van der Waals surface area contributed by atoms with Gasteiger partial charge in [-0.15, -0.1) is 11.3 Å². The molecular formula is C20H22ClN5O3S. The minimum atomic E-state index is -0.466. The highest BCUT2D eigenvalue weighted by Gasteiger charge is 2.36. The van der Waals surface area contributed by atoms with E-state index < -0.39 is 17.7 Å². The SMILES string of the molecule is NC(=O)C1CCCCC1C(=O)Nc1sc2c(c1C(=O)Nc1cnc(Cl)cn1)CCC2. The van der Waals surface area contributed by atoms with Crippen molar-refractivity contribution in [2.45, 2.75) is 44.9 Å². The lowest BCUT2D eigenvalue weighted by molar-refractivity contribution is -0.131. The summed E-state index contributed by atoms with van der Waals surface area (Å²) < 4.78 is 0. The molecule has 2 atom stereocenters. The summed E-state index contributed by atoms with van der Waals surface area (Å²) in [4.78, 5) is 46.9. The Kier molecular flexibility index (Phi) is 6.01. The van der Waals surface area contributed by atoms with Gasteiger partial charge in [-0.3, -0.25) is 14.4 Å². The molecule has 2 aromatic heterocycles. The predicted octanol–water partition coefficient (Wildman–Crippen LogP) is 3.16. The lowest BCUT2D eigenvalue weighted by atomic mass is 9.78. The molecule has 2 heterocycles. The van der Waals surface area contributed by atoms with Gasteiger partial charge >= 0.3 is 0 Å². The third-order valence-electron chi connectivity index (χ3n) is 5.72. The van der Waals surface area contributed by atoms with Gasteiger partial charge in [-0.05, 0) is 37.7 Å². The molecule has 4 N–H and O–H groups in total. The molecule has 10 heteroatoms. The standard InChI is InChI=1S/C20H22ClN5O3S/c21-14-8-24-15(9-23-14)25-19(29)16-12-6-3-7-13(12)30-20(16)26-18(28)11-5-2-1-4-10(11)17(22)27/h8-11H,1-7H2,(H2,22,27)(H,26,28)(H,24,25,29). The molecule has 30 heavy (non-hydrogen) atoms. The second-order valence-corrected chi connectivity index (χ2v) is 9.12. The molecule has 0 aliphatic heterocycles. The van der Waals surface area contributed by atoms with Crippen LogP contribution in [0.4, 0.5) is 10.8 Å². The van der Waals surface area contributed by atoms with Crippen molar-refractivity contribution in [2.75, 3.05) is 10.6 Å². The number of aromatic nitrogens is 2. The van der Waals surface area contributed by atoms with E-state index in [1.807, 2.05) is 0 Å². The number of fused-ring (bicyclic) bond motifs is 1. The van der Waals surface area contributed by atoms with Crippen molar-refractivity contribution < 1.29 is 14.4 Å². The summed E-state index contributed by atoms with van der Waals surface area (Å²) in [6.07, 6.45) is 8.38. The van der Waals surface area contributed by atoms with Crippen LogP contribution in [0.3, 0.4) is 0 Å². The molecule has 0 radical (unpaired) electrons. The molecule has 158 valence electrons. The van der Waals surface area contributed by atoms with Crippen LogP contribution >= 0.6 is 22.9 Å². The normalized spacial score (nSPS) is 20.4. The van der Waals surface area contributed by atoms with Gasteiger partial charge in [-0.1, -0.05) is 24.4 Å². The molecule has 1 fully saturated rings. The van der Waals surface area contributed by atoms with Crippen molar-refractivity contribution in [2.24, 2.45) is 17.6 Å². The Morgan fingerprint density at radius 1 is 1.03 bits per heavy atom. The summed E-state index contributed by atoms with van der Waals surface area (Å²) in [5, 5.41) is 6.40. The molecule has 0 spiro atoms. The topological polar surface area (TPSA) is 127 Å². The maximum Gasteiger partial charge on any atom is 0.260 e. The van der Waals surface area contributed by atoms with E-state index in [1.54, 1.807) is 0 Å². The lowest BCUT2D eigenvalue weighted by Crippen LogP contribution is -2.39. The number of aryl methyl sites for hydroxylation is 1. The monoisotopic (exact) mass is 447 g/mol. The first-order valence-electron chi connectivity index (χ1n) is 9.97. The average molecular weight is 448 g/mol. The van der Waals surface area contributed by atoms with Crippen molar-refractivity contribution in [1.82, 2.24) is 9.97 Å². The lowest BCUT2D eigenvalue weighted by Gasteiger charge is -2.28. The number of carbonyl (C=O) groups is 3. The number of rotatable bonds is 5. The summed E-state index contributed by atoms with van der Waals surface area (Å²) in [6, 6.07) is 0. The van der Waals surface area contributed by atoms with Gasteiger partial charge in [0.25, 0.3) is 5.91 Å². The number of thiophene rings is 1. The molecular weight excluding hydrogens is 426 g/mol. The first-order valence-corrected chi connectivity index (χ1v) is 11.2. The smallest absolute Gasteiger partial charge is 0.260 e. The predicted molar refractivity (Wildman–Crippen MR) is 115 cm³/mol. The maximum absolute atomic E-state index is 13.0. The molecule has 2 aliphatic rings. The molecule has 8 nitrogen and oxygen atoms in total. The van der Waals surface area contributed by atoms with Crippen molar-refractivity contribution in [3.63, 3.8) is 0 Å². The van der Waals surface area contributed by atoms with Gasteiger partial charge in [0, 0.05) is 16.7 Å². The fourth-order valence-electron chi connectivity index (χ4n) is 4.28. The number of amides is 3. The van der Waals surface area contributed by atoms with Gasteiger partial charge in [0.05, 0.1) is 18.0 Å². The van der Waals surface area contributed by atoms with Crippen LogP contribution in [0.2, 0.25) is 5.15 Å². The number of halogens is 1. The molecule has 3 amide bonds. The number of anilines is 2. The average Bonchev–Trinajstić information content (AvgIpc) is 3.30. The molecule has 2 aliphatic carbocycles. The zero-order valence-electron chi connectivity index (χ0n) is 16.2. The zero-order chi connectivity index (χ0) is 21.3. The Morgan fingerprint density at radius 3 is 2.50 bits per heavy atom. The summed E-state index contributed by atoms with van der Waals surface area (Å²) in [6.45, 7) is 0. The summed E-state index contributed by atoms with van der Waals surface area (Å²) in [7, 11) is 0. The minimum absolute atomic E-state index is 0.230. The van der Waals surface area contributed by atoms with Crippen LogP contribution in [0.15, 0.2) is 12.4 Å². The van der Waals surface area contributed by atoms with Crippen LogP contribution in [0.1, 0.15) is 52.9 Å². The van der Waals surface area contributed by atoms with E-state index in [-0.39, 0.29) is 22.8 Å². The van der Waals surface area contributed by atoms with Crippen LogP contribution in [0, 0.1) is 11.8 Å². The number of carbonyl (C=O) groups excluding carboxylic acids is 3. The summed E-state index contributed by atoms with van der Waals surface area (Å²) >= 11 is 7.18. The number of nitrogens with zero attached hydrogens (tertiary/aromatic N) is 2.